The van der Waals surface area contributed by atoms with Crippen molar-refractivity contribution >= 4 is 0 Å². The molecule has 2 aliphatic carbocycles. The van der Waals surface area contributed by atoms with E-state index in [0.717, 1.165) is 5.56 Å². The molecule has 0 unspecified atom stereocenters. The van der Waals surface area contributed by atoms with Gasteiger partial charge in [0.1, 0.15) is 5.82 Å². The van der Waals surface area contributed by atoms with Crippen molar-refractivity contribution in [3.63, 3.8) is 0 Å². The van der Waals surface area contributed by atoms with Crippen LogP contribution in [0.3, 0.4) is 0 Å². The Kier molecular flexibility index (Phi) is 3.24. The predicted octanol–water partition coefficient (Wildman–Crippen LogP) is 4.13. The molecule has 0 spiro atoms. The smallest absolute Gasteiger partial charge is 0.194 e. The van der Waals surface area contributed by atoms with E-state index in [0.29, 0.717) is 12.0 Å². The molecule has 0 nitrogen and oxygen atoms in total. The third-order valence-electron chi connectivity index (χ3n) is 3.76. The SMILES string of the molecule is Fc1cc2ccc1CCc1cc(c(F)c(F)c1F)CC2. The lowest BCUT2D eigenvalue weighted by Gasteiger charge is -2.09. The second-order valence-electron chi connectivity index (χ2n) is 5.06. The molecule has 0 atom stereocenters. The van der Waals surface area contributed by atoms with E-state index >= 15 is 0 Å². The van der Waals surface area contributed by atoms with Crippen LogP contribution in [0.2, 0.25) is 0 Å². The van der Waals surface area contributed by atoms with Crippen molar-refractivity contribution in [3.8, 4) is 0 Å². The first kappa shape index (κ1) is 13.2. The van der Waals surface area contributed by atoms with Gasteiger partial charge in [0.25, 0.3) is 0 Å². The number of benzene rings is 2. The zero-order chi connectivity index (χ0) is 14.3. The molecule has 0 radical (unpaired) electrons. The fourth-order valence-corrected chi connectivity index (χ4v) is 2.58. The standard InChI is InChI=1S/C16H12F4/c17-13-7-9-1-3-10(13)5-6-12-8-11(4-2-9)14(18)16(20)15(12)19/h1,3,7-8H,2,4-6H2. The van der Waals surface area contributed by atoms with E-state index < -0.39 is 17.5 Å². The third kappa shape index (κ3) is 2.19. The van der Waals surface area contributed by atoms with Gasteiger partial charge in [-0.15, -0.1) is 0 Å². The first-order chi connectivity index (χ1) is 9.56. The van der Waals surface area contributed by atoms with E-state index in [9.17, 15) is 17.6 Å². The highest BCUT2D eigenvalue weighted by atomic mass is 19.2. The summed E-state index contributed by atoms with van der Waals surface area (Å²) in [7, 11) is 0. The lowest BCUT2D eigenvalue weighted by molar-refractivity contribution is 0.434. The molecule has 20 heavy (non-hydrogen) atoms. The van der Waals surface area contributed by atoms with Crippen LogP contribution in [0.1, 0.15) is 22.3 Å². The summed E-state index contributed by atoms with van der Waals surface area (Å²) >= 11 is 0. The fraction of sp³-hybridized carbons (Fsp3) is 0.250. The maximum Gasteiger partial charge on any atom is 0.194 e. The summed E-state index contributed by atoms with van der Waals surface area (Å²) in [6.07, 6.45) is 1.01. The normalized spacial score (nSPS) is 14.2. The van der Waals surface area contributed by atoms with E-state index in [2.05, 4.69) is 0 Å². The summed E-state index contributed by atoms with van der Waals surface area (Å²) in [4.78, 5) is 0. The molecule has 0 amide bonds. The van der Waals surface area contributed by atoms with Crippen molar-refractivity contribution < 1.29 is 17.6 Å². The molecular weight excluding hydrogens is 268 g/mol. The van der Waals surface area contributed by atoms with Gasteiger partial charge in [0, 0.05) is 0 Å². The molecule has 4 heteroatoms. The molecule has 2 aromatic carbocycles. The van der Waals surface area contributed by atoms with E-state index in [1.807, 2.05) is 0 Å². The van der Waals surface area contributed by atoms with Gasteiger partial charge >= 0.3 is 0 Å². The molecule has 0 fully saturated rings. The molecule has 4 rings (SSSR count). The predicted molar refractivity (Wildman–Crippen MR) is 67.5 cm³/mol. The summed E-state index contributed by atoms with van der Waals surface area (Å²) < 4.78 is 54.8. The molecule has 0 heterocycles. The molecular formula is C16H12F4. The Bertz CT molecular complexity index is 677. The highest BCUT2D eigenvalue weighted by Gasteiger charge is 2.19. The van der Waals surface area contributed by atoms with Crippen LogP contribution in [0, 0.1) is 23.3 Å². The van der Waals surface area contributed by atoms with Crippen molar-refractivity contribution in [2.45, 2.75) is 25.7 Å². The number of aryl methyl sites for hydroxylation is 4. The molecule has 0 saturated carbocycles. The van der Waals surface area contributed by atoms with Gasteiger partial charge in [-0.3, -0.25) is 0 Å². The van der Waals surface area contributed by atoms with Crippen LogP contribution in [-0.2, 0) is 25.7 Å². The van der Waals surface area contributed by atoms with Crippen LogP contribution in [0.25, 0.3) is 0 Å². The maximum atomic E-state index is 13.8. The first-order valence-corrected chi connectivity index (χ1v) is 6.49. The van der Waals surface area contributed by atoms with Crippen LogP contribution in [0.15, 0.2) is 24.3 Å². The third-order valence-corrected chi connectivity index (χ3v) is 3.76. The Labute approximate surface area is 114 Å². The van der Waals surface area contributed by atoms with Gasteiger partial charge in [-0.25, -0.2) is 17.6 Å². The van der Waals surface area contributed by atoms with E-state index in [-0.39, 0.29) is 36.2 Å². The van der Waals surface area contributed by atoms with Gasteiger partial charge in [-0.1, -0.05) is 12.1 Å². The molecule has 0 N–H and O–H groups in total. The minimum absolute atomic E-state index is 0.1000. The molecule has 2 aliphatic rings. The van der Waals surface area contributed by atoms with E-state index in [4.69, 9.17) is 0 Å². The Morgan fingerprint density at radius 2 is 1.20 bits per heavy atom. The number of rotatable bonds is 0. The maximum absolute atomic E-state index is 13.8. The monoisotopic (exact) mass is 280 g/mol. The minimum atomic E-state index is -1.43. The van der Waals surface area contributed by atoms with E-state index in [1.165, 1.54) is 12.1 Å². The molecule has 0 aliphatic heterocycles. The van der Waals surface area contributed by atoms with Gasteiger partial charge in [0.15, 0.2) is 17.5 Å². The Morgan fingerprint density at radius 1 is 0.600 bits per heavy atom. The average molecular weight is 280 g/mol. The van der Waals surface area contributed by atoms with Crippen LogP contribution >= 0.6 is 0 Å². The summed E-state index contributed by atoms with van der Waals surface area (Å²) in [5.41, 5.74) is 1.42. The Hall–Kier alpha value is -1.84. The van der Waals surface area contributed by atoms with Gasteiger partial charge in [-0.2, -0.15) is 0 Å². The number of halogens is 4. The zero-order valence-electron chi connectivity index (χ0n) is 10.6. The molecule has 4 bridgehead atoms. The van der Waals surface area contributed by atoms with Gasteiger partial charge < -0.3 is 0 Å². The molecule has 104 valence electrons. The lowest BCUT2D eigenvalue weighted by Crippen LogP contribution is -2.05. The lowest BCUT2D eigenvalue weighted by atomic mass is 10.0. The van der Waals surface area contributed by atoms with E-state index in [1.54, 1.807) is 12.1 Å². The van der Waals surface area contributed by atoms with Crippen molar-refractivity contribution in [2.75, 3.05) is 0 Å². The highest BCUT2D eigenvalue weighted by Crippen LogP contribution is 2.24. The summed E-state index contributed by atoms with van der Waals surface area (Å²) in [6, 6.07) is 6.20. The molecule has 0 saturated heterocycles. The minimum Gasteiger partial charge on any atom is -0.207 e. The van der Waals surface area contributed by atoms with Crippen molar-refractivity contribution in [2.24, 2.45) is 0 Å². The average Bonchev–Trinajstić information content (AvgIpc) is 2.49. The summed E-state index contributed by atoms with van der Waals surface area (Å²) in [5.74, 6) is -4.08. The van der Waals surface area contributed by atoms with Crippen LogP contribution < -0.4 is 0 Å². The largest absolute Gasteiger partial charge is 0.207 e. The second-order valence-corrected chi connectivity index (χ2v) is 5.06. The molecule has 2 aromatic rings. The topological polar surface area (TPSA) is 0 Å². The zero-order valence-corrected chi connectivity index (χ0v) is 10.6. The first-order valence-electron chi connectivity index (χ1n) is 6.49. The van der Waals surface area contributed by atoms with Crippen molar-refractivity contribution in [1.82, 2.24) is 0 Å². The number of hydrogen-bond donors (Lipinski definition) is 0. The Morgan fingerprint density at radius 3 is 1.85 bits per heavy atom. The highest BCUT2D eigenvalue weighted by molar-refractivity contribution is 5.33. The Balaban J connectivity index is 2.11. The molecule has 0 aromatic heterocycles. The van der Waals surface area contributed by atoms with Crippen LogP contribution in [0.4, 0.5) is 17.6 Å². The van der Waals surface area contributed by atoms with Crippen molar-refractivity contribution in [1.29, 1.82) is 0 Å². The van der Waals surface area contributed by atoms with Gasteiger partial charge in [-0.05, 0) is 60.1 Å². The second kappa shape index (κ2) is 4.93. The summed E-state index contributed by atoms with van der Waals surface area (Å²) in [6.45, 7) is 0. The van der Waals surface area contributed by atoms with Crippen LogP contribution in [-0.4, -0.2) is 0 Å². The number of hydrogen-bond acceptors (Lipinski definition) is 0. The fourth-order valence-electron chi connectivity index (χ4n) is 2.58. The van der Waals surface area contributed by atoms with Crippen LogP contribution in [0.5, 0.6) is 0 Å². The quantitative estimate of drug-likeness (QED) is 0.503. The van der Waals surface area contributed by atoms with Gasteiger partial charge in [0.2, 0.25) is 0 Å². The number of fused-ring (bicyclic) bond motifs is 4. The van der Waals surface area contributed by atoms with Gasteiger partial charge in [0.05, 0.1) is 0 Å². The van der Waals surface area contributed by atoms with Crippen molar-refractivity contribution in [3.05, 3.63) is 69.8 Å². The summed E-state index contributed by atoms with van der Waals surface area (Å²) in [5, 5.41) is 0.